The Morgan fingerprint density at radius 1 is 0.741 bits per heavy atom. The summed E-state index contributed by atoms with van der Waals surface area (Å²) in [5, 5.41) is 13.4. The molecule has 314 valence electrons. The van der Waals surface area contributed by atoms with Crippen LogP contribution in [0.25, 0.3) is 0 Å². The topological polar surface area (TPSA) is 83.5 Å². The smallest absolute Gasteiger partial charge is 0.184 e. The molecule has 0 aromatic heterocycles. The molecule has 0 radical (unpaired) electrons. The monoisotopic (exact) mass is 841 g/mol. The van der Waals surface area contributed by atoms with E-state index in [1.54, 1.807) is 0 Å². The van der Waals surface area contributed by atoms with Crippen molar-refractivity contribution in [1.29, 1.82) is 0 Å². The van der Waals surface area contributed by atoms with Crippen molar-refractivity contribution < 1.29 is 32.0 Å². The van der Waals surface area contributed by atoms with E-state index < -0.39 is 58.2 Å². The number of fused-ring (bicyclic) bond motifs is 5. The van der Waals surface area contributed by atoms with Crippen molar-refractivity contribution in [3.8, 4) is 0 Å². The first kappa shape index (κ1) is 46.9. The third-order valence-electron chi connectivity index (χ3n) is 13.0. The Bertz CT molecular complexity index is 1400. The van der Waals surface area contributed by atoms with Gasteiger partial charge in [0.1, 0.15) is 0 Å². The maximum atomic E-state index is 14.5. The van der Waals surface area contributed by atoms with Gasteiger partial charge in [-0.2, -0.15) is 0 Å². The SMILES string of the molecule is CC(C)(CC[C@@H](O[Si](C)(C)C)[C@](C)(O[Si](C)(C)C)[C@H]1CC[C@@]2(O)C3=CC(=O)[C@@H]4C[C@@H](O[Si](C)(C)C)[C@@H](O[Si](C)(C)C)C[C@]4(C)[C@H]3CC[C@]12C)O[Si](C)(C)C. The highest BCUT2D eigenvalue weighted by molar-refractivity contribution is 6.71. The van der Waals surface area contributed by atoms with Gasteiger partial charge in [0.05, 0.1) is 35.1 Å². The number of rotatable bonds is 15. The largest absolute Gasteiger partial charge is 0.413 e. The normalized spacial score (nSPS) is 35.8. The van der Waals surface area contributed by atoms with Crippen LogP contribution in [0.2, 0.25) is 98.2 Å². The second kappa shape index (κ2) is 15.1. The molecule has 0 bridgehead atoms. The maximum Gasteiger partial charge on any atom is 0.184 e. The van der Waals surface area contributed by atoms with E-state index in [1.807, 2.05) is 6.08 Å². The van der Waals surface area contributed by atoms with Gasteiger partial charge in [0.25, 0.3) is 0 Å². The molecule has 54 heavy (non-hydrogen) atoms. The number of carbonyl (C=O) groups is 1. The summed E-state index contributed by atoms with van der Waals surface area (Å²) < 4.78 is 35.3. The molecule has 0 aliphatic heterocycles. The lowest BCUT2D eigenvalue weighted by atomic mass is 9.45. The third-order valence-corrected chi connectivity index (χ3v) is 18.3. The number of carbonyl (C=O) groups excluding carboxylic acids is 1. The van der Waals surface area contributed by atoms with Crippen LogP contribution in [0, 0.1) is 28.6 Å². The van der Waals surface area contributed by atoms with Crippen LogP contribution < -0.4 is 0 Å². The molecular weight excluding hydrogens is 757 g/mol. The number of hydrogen-bond donors (Lipinski definition) is 1. The average Bonchev–Trinajstić information content (AvgIpc) is 3.19. The summed E-state index contributed by atoms with van der Waals surface area (Å²) in [7, 11) is -9.71. The number of aliphatic hydroxyl groups is 1. The standard InChI is InChI=1S/C42H84O7Si5/c1-38(2,48-53(15,16)17)24-23-37(47-52(12,13)14)41(5,49-54(18,19)20)36-22-26-42(44)31-27-33(43)32-28-34(45-50(6,7)8)35(46-51(9,10)11)29-39(32,3)30(31)21-25-40(36,42)4/h27,30,32,34-37,44H,21-26,28-29H2,1-20H3/t30-,32-,34+,35-,36-,37+,39+,40+,41+,42+/m0/s1. The van der Waals surface area contributed by atoms with Crippen molar-refractivity contribution in [2.45, 2.75) is 219 Å². The summed E-state index contributed by atoms with van der Waals surface area (Å²) in [5.74, 6) is 0.216. The molecule has 0 aromatic carbocycles. The number of hydrogen-bond acceptors (Lipinski definition) is 7. The lowest BCUT2D eigenvalue weighted by Gasteiger charge is -2.62. The Balaban J connectivity index is 1.78. The van der Waals surface area contributed by atoms with Crippen LogP contribution in [0.1, 0.15) is 86.0 Å². The van der Waals surface area contributed by atoms with Crippen molar-refractivity contribution in [2.75, 3.05) is 0 Å². The molecule has 0 amide bonds. The Kier molecular flexibility index (Phi) is 13.1. The molecule has 7 nitrogen and oxygen atoms in total. The van der Waals surface area contributed by atoms with Crippen LogP contribution in [0.3, 0.4) is 0 Å². The zero-order valence-electron chi connectivity index (χ0n) is 38.6. The minimum atomic E-state index is -2.12. The molecule has 4 aliphatic carbocycles. The summed E-state index contributed by atoms with van der Waals surface area (Å²) >= 11 is 0. The van der Waals surface area contributed by atoms with Crippen molar-refractivity contribution in [3.63, 3.8) is 0 Å². The maximum absolute atomic E-state index is 14.5. The molecule has 0 spiro atoms. The predicted octanol–water partition coefficient (Wildman–Crippen LogP) is 11.1. The first-order valence-corrected chi connectivity index (χ1v) is 38.4. The van der Waals surface area contributed by atoms with Gasteiger partial charge < -0.3 is 27.2 Å². The van der Waals surface area contributed by atoms with E-state index in [4.69, 9.17) is 22.1 Å². The van der Waals surface area contributed by atoms with E-state index in [0.29, 0.717) is 12.8 Å². The van der Waals surface area contributed by atoms with Crippen LogP contribution >= 0.6 is 0 Å². The molecule has 3 fully saturated rings. The van der Waals surface area contributed by atoms with E-state index >= 15 is 0 Å². The summed E-state index contributed by atoms with van der Waals surface area (Å²) in [6.07, 6.45) is 8.15. The van der Waals surface area contributed by atoms with Crippen LogP contribution in [0.4, 0.5) is 0 Å². The molecule has 0 aromatic rings. The van der Waals surface area contributed by atoms with Gasteiger partial charge in [-0.3, -0.25) is 4.79 Å². The van der Waals surface area contributed by atoms with Gasteiger partial charge in [0, 0.05) is 11.3 Å². The first-order valence-electron chi connectivity index (χ1n) is 21.4. The molecule has 0 unspecified atom stereocenters. The first-order chi connectivity index (χ1) is 23.9. The van der Waals surface area contributed by atoms with Gasteiger partial charge >= 0.3 is 0 Å². The van der Waals surface area contributed by atoms with Crippen LogP contribution in [0.15, 0.2) is 11.6 Å². The van der Waals surface area contributed by atoms with Gasteiger partial charge in [0.15, 0.2) is 47.4 Å². The molecule has 4 rings (SSSR count). The average molecular weight is 842 g/mol. The van der Waals surface area contributed by atoms with Crippen molar-refractivity contribution >= 4 is 47.4 Å². The van der Waals surface area contributed by atoms with E-state index in [1.165, 1.54) is 0 Å². The van der Waals surface area contributed by atoms with Crippen molar-refractivity contribution in [3.05, 3.63) is 11.6 Å². The quantitative estimate of drug-likeness (QED) is 0.164. The highest BCUT2D eigenvalue weighted by Crippen LogP contribution is 2.69. The summed E-state index contributed by atoms with van der Waals surface area (Å²) in [6.45, 7) is 45.5. The number of ketones is 1. The van der Waals surface area contributed by atoms with E-state index in [2.05, 4.69) is 133 Å². The summed E-state index contributed by atoms with van der Waals surface area (Å²) in [5.41, 5.74) is -1.80. The molecular formula is C42H84O7Si5. The van der Waals surface area contributed by atoms with E-state index in [9.17, 15) is 9.90 Å². The molecule has 0 saturated heterocycles. The predicted molar refractivity (Wildman–Crippen MR) is 238 cm³/mol. The second-order valence-corrected chi connectivity index (χ2v) is 46.4. The summed E-state index contributed by atoms with van der Waals surface area (Å²) in [4.78, 5) is 14.5. The lowest BCUT2D eigenvalue weighted by molar-refractivity contribution is -0.168. The van der Waals surface area contributed by atoms with Crippen LogP contribution in [-0.2, 0) is 26.9 Å². The fraction of sp³-hybridized carbons (Fsp3) is 0.929. The van der Waals surface area contributed by atoms with E-state index in [-0.39, 0.29) is 52.9 Å². The fourth-order valence-corrected chi connectivity index (χ4v) is 18.5. The Labute approximate surface area is 337 Å². The van der Waals surface area contributed by atoms with Gasteiger partial charge in [-0.05, 0) is 199 Å². The molecule has 3 saturated carbocycles. The zero-order valence-corrected chi connectivity index (χ0v) is 43.6. The molecule has 12 heteroatoms. The highest BCUT2D eigenvalue weighted by atomic mass is 28.4. The Morgan fingerprint density at radius 3 is 1.78 bits per heavy atom. The number of allylic oxidation sites excluding steroid dienone is 1. The molecule has 4 aliphatic rings. The third kappa shape index (κ3) is 10.3. The second-order valence-electron chi connectivity index (χ2n) is 24.1. The molecule has 1 N–H and O–H groups in total. The summed E-state index contributed by atoms with van der Waals surface area (Å²) in [6, 6.07) is 0. The van der Waals surface area contributed by atoms with Gasteiger partial charge in [-0.1, -0.05) is 13.8 Å². The lowest BCUT2D eigenvalue weighted by Crippen LogP contribution is -2.65. The highest BCUT2D eigenvalue weighted by Gasteiger charge is 2.70. The van der Waals surface area contributed by atoms with Gasteiger partial charge in [-0.25, -0.2) is 0 Å². The van der Waals surface area contributed by atoms with Crippen molar-refractivity contribution in [2.24, 2.45) is 28.6 Å². The fourth-order valence-electron chi connectivity index (χ4n) is 11.7. The zero-order chi connectivity index (χ0) is 41.5. The Morgan fingerprint density at radius 2 is 1.28 bits per heavy atom. The minimum Gasteiger partial charge on any atom is -0.413 e. The van der Waals surface area contributed by atoms with Crippen LogP contribution in [0.5, 0.6) is 0 Å². The van der Waals surface area contributed by atoms with Crippen LogP contribution in [-0.4, -0.2) is 87.6 Å². The Hall–Kier alpha value is 0.254. The molecule has 0 heterocycles. The van der Waals surface area contributed by atoms with Gasteiger partial charge in [0.2, 0.25) is 0 Å². The van der Waals surface area contributed by atoms with Gasteiger partial charge in [-0.15, -0.1) is 0 Å². The minimum absolute atomic E-state index is 0.0434. The van der Waals surface area contributed by atoms with E-state index in [0.717, 1.165) is 44.1 Å². The van der Waals surface area contributed by atoms with Crippen molar-refractivity contribution in [1.82, 2.24) is 0 Å². The molecule has 10 atom stereocenters.